The number of imidazole rings is 1. The summed E-state index contributed by atoms with van der Waals surface area (Å²) in [7, 11) is 3.09. The summed E-state index contributed by atoms with van der Waals surface area (Å²) >= 11 is 0. The Morgan fingerprint density at radius 3 is 2.41 bits per heavy atom. The van der Waals surface area contributed by atoms with Crippen molar-refractivity contribution in [1.29, 1.82) is 0 Å². The zero-order valence-corrected chi connectivity index (χ0v) is 19.9. The molecule has 1 saturated heterocycles. The standard InChI is InChI=1S/C23H23F3N8O3/c1-36-17-7-14-15(8-18(17)37-2)31-20(30-14)19-16(11-29-33-19)32-21(35)12-3-5-34(6-4-12)22-27-9-13(10-28-22)23(24,25)26/h7-12H,3-6H2,1-2H3,(H,29,33)(H,30,31)(H,32,35). The third kappa shape index (κ3) is 4.86. The summed E-state index contributed by atoms with van der Waals surface area (Å²) in [6, 6.07) is 3.52. The van der Waals surface area contributed by atoms with Crippen molar-refractivity contribution in [3.8, 4) is 23.0 Å². The minimum absolute atomic E-state index is 0.185. The number of rotatable bonds is 6. The molecule has 0 unspecified atom stereocenters. The quantitative estimate of drug-likeness (QED) is 0.354. The van der Waals surface area contributed by atoms with Crippen molar-refractivity contribution in [1.82, 2.24) is 30.1 Å². The van der Waals surface area contributed by atoms with Gasteiger partial charge in [-0.3, -0.25) is 9.89 Å². The molecule has 5 rings (SSSR count). The SMILES string of the molecule is COc1cc2nc(-c3[nH]ncc3NC(=O)C3CCN(c4ncc(C(F)(F)F)cn4)CC3)[nH]c2cc1OC. The molecule has 0 atom stereocenters. The molecule has 4 heterocycles. The number of nitrogens with zero attached hydrogens (tertiary/aromatic N) is 5. The molecule has 194 valence electrons. The average molecular weight is 516 g/mol. The summed E-state index contributed by atoms with van der Waals surface area (Å²) in [5.74, 6) is 1.30. The Morgan fingerprint density at radius 2 is 1.76 bits per heavy atom. The zero-order chi connectivity index (χ0) is 26.2. The van der Waals surface area contributed by atoms with Crippen molar-refractivity contribution >= 4 is 28.6 Å². The van der Waals surface area contributed by atoms with Crippen LogP contribution in [0.25, 0.3) is 22.6 Å². The fraction of sp³-hybridized carbons (Fsp3) is 0.348. The number of ether oxygens (including phenoxy) is 2. The van der Waals surface area contributed by atoms with Gasteiger partial charge in [0, 0.05) is 43.5 Å². The van der Waals surface area contributed by atoms with E-state index in [0.717, 1.165) is 17.9 Å². The number of halogens is 3. The number of amides is 1. The number of fused-ring (bicyclic) bond motifs is 1. The molecule has 0 spiro atoms. The van der Waals surface area contributed by atoms with Crippen molar-refractivity contribution in [2.24, 2.45) is 5.92 Å². The van der Waals surface area contributed by atoms with Gasteiger partial charge in [0.1, 0.15) is 5.69 Å². The maximum Gasteiger partial charge on any atom is 0.419 e. The maximum atomic E-state index is 13.0. The molecule has 0 saturated carbocycles. The Morgan fingerprint density at radius 1 is 1.08 bits per heavy atom. The normalized spacial score (nSPS) is 14.7. The van der Waals surface area contributed by atoms with Crippen LogP contribution >= 0.6 is 0 Å². The first-order chi connectivity index (χ1) is 17.8. The molecule has 0 bridgehead atoms. The van der Waals surface area contributed by atoms with E-state index in [0.29, 0.717) is 60.2 Å². The summed E-state index contributed by atoms with van der Waals surface area (Å²) in [5.41, 5.74) is 1.45. The highest BCUT2D eigenvalue weighted by Crippen LogP contribution is 2.34. The highest BCUT2D eigenvalue weighted by atomic mass is 19.4. The molecule has 1 aliphatic rings. The van der Waals surface area contributed by atoms with E-state index in [1.165, 1.54) is 6.20 Å². The number of methoxy groups -OCH3 is 2. The lowest BCUT2D eigenvalue weighted by atomic mass is 9.96. The minimum Gasteiger partial charge on any atom is -0.493 e. The van der Waals surface area contributed by atoms with Crippen molar-refractivity contribution in [2.75, 3.05) is 37.5 Å². The minimum atomic E-state index is -4.49. The summed E-state index contributed by atoms with van der Waals surface area (Å²) in [6.07, 6.45) is -0.455. The van der Waals surface area contributed by atoms with Crippen LogP contribution in [0.1, 0.15) is 18.4 Å². The molecule has 3 aromatic heterocycles. The largest absolute Gasteiger partial charge is 0.493 e. The van der Waals surface area contributed by atoms with Crippen LogP contribution in [-0.2, 0) is 11.0 Å². The molecule has 0 aliphatic carbocycles. The Labute approximate surface area is 208 Å². The monoisotopic (exact) mass is 516 g/mol. The van der Waals surface area contributed by atoms with Gasteiger partial charge in [-0.25, -0.2) is 15.0 Å². The molecular weight excluding hydrogens is 493 g/mol. The molecule has 4 aromatic rings. The predicted octanol–water partition coefficient (Wildman–Crippen LogP) is 3.63. The topological polar surface area (TPSA) is 134 Å². The number of aromatic amines is 2. The average Bonchev–Trinajstić information content (AvgIpc) is 3.53. The molecular formula is C23H23F3N8O3. The van der Waals surface area contributed by atoms with E-state index in [1.54, 1.807) is 31.3 Å². The van der Waals surface area contributed by atoms with Crippen molar-refractivity contribution < 1.29 is 27.4 Å². The van der Waals surface area contributed by atoms with E-state index in [4.69, 9.17) is 9.47 Å². The van der Waals surface area contributed by atoms with E-state index in [-0.39, 0.29) is 17.8 Å². The summed E-state index contributed by atoms with van der Waals surface area (Å²) in [5, 5.41) is 9.83. The lowest BCUT2D eigenvalue weighted by Gasteiger charge is -2.31. The van der Waals surface area contributed by atoms with Gasteiger partial charge in [-0.1, -0.05) is 0 Å². The molecule has 1 fully saturated rings. The van der Waals surface area contributed by atoms with Crippen LogP contribution in [0.15, 0.2) is 30.7 Å². The third-order valence-electron chi connectivity index (χ3n) is 6.24. The fourth-order valence-electron chi connectivity index (χ4n) is 4.22. The van der Waals surface area contributed by atoms with Gasteiger partial charge in [0.2, 0.25) is 11.9 Å². The van der Waals surface area contributed by atoms with Crippen LogP contribution < -0.4 is 19.7 Å². The number of aromatic nitrogens is 6. The van der Waals surface area contributed by atoms with Gasteiger partial charge in [0.25, 0.3) is 0 Å². The molecule has 1 aliphatic heterocycles. The number of benzene rings is 1. The maximum absolute atomic E-state index is 13.0. The molecule has 14 heteroatoms. The smallest absolute Gasteiger partial charge is 0.419 e. The Bertz CT molecular complexity index is 1370. The van der Waals surface area contributed by atoms with E-state index < -0.39 is 11.7 Å². The lowest BCUT2D eigenvalue weighted by molar-refractivity contribution is -0.138. The number of carbonyl (C=O) groups is 1. The highest BCUT2D eigenvalue weighted by Gasteiger charge is 2.32. The van der Waals surface area contributed by atoms with E-state index in [2.05, 4.69) is 35.5 Å². The second-order valence-corrected chi connectivity index (χ2v) is 8.49. The molecule has 0 radical (unpaired) electrons. The number of alkyl halides is 3. The number of H-pyrrole nitrogens is 2. The number of nitrogens with one attached hydrogen (secondary N) is 3. The number of piperidine rings is 1. The van der Waals surface area contributed by atoms with Crippen LogP contribution in [0.2, 0.25) is 0 Å². The van der Waals surface area contributed by atoms with Crippen molar-refractivity contribution in [3.63, 3.8) is 0 Å². The number of hydrogen-bond acceptors (Lipinski definition) is 8. The van der Waals surface area contributed by atoms with Crippen molar-refractivity contribution in [2.45, 2.75) is 19.0 Å². The van der Waals surface area contributed by atoms with Crippen LogP contribution in [0.3, 0.4) is 0 Å². The Balaban J connectivity index is 1.25. The number of anilines is 2. The van der Waals surface area contributed by atoms with Crippen LogP contribution in [0.5, 0.6) is 11.5 Å². The van der Waals surface area contributed by atoms with Gasteiger partial charge in [-0.2, -0.15) is 18.3 Å². The molecule has 1 amide bonds. The summed E-state index contributed by atoms with van der Waals surface area (Å²) < 4.78 is 48.9. The first-order valence-corrected chi connectivity index (χ1v) is 11.4. The van der Waals surface area contributed by atoms with E-state index >= 15 is 0 Å². The third-order valence-corrected chi connectivity index (χ3v) is 6.24. The van der Waals surface area contributed by atoms with Crippen molar-refractivity contribution in [3.05, 3.63) is 36.3 Å². The molecule has 37 heavy (non-hydrogen) atoms. The van der Waals surface area contributed by atoms with Crippen LogP contribution in [0, 0.1) is 5.92 Å². The lowest BCUT2D eigenvalue weighted by Crippen LogP contribution is -2.39. The molecule has 11 nitrogen and oxygen atoms in total. The van der Waals surface area contributed by atoms with Crippen LogP contribution in [0.4, 0.5) is 24.8 Å². The van der Waals surface area contributed by atoms with Gasteiger partial charge in [0.15, 0.2) is 17.3 Å². The van der Waals surface area contributed by atoms with Gasteiger partial charge in [0.05, 0.1) is 42.7 Å². The Hall–Kier alpha value is -4.36. The predicted molar refractivity (Wildman–Crippen MR) is 127 cm³/mol. The van der Waals surface area contributed by atoms with E-state index in [1.807, 2.05) is 0 Å². The zero-order valence-electron chi connectivity index (χ0n) is 19.9. The molecule has 1 aromatic carbocycles. The summed E-state index contributed by atoms with van der Waals surface area (Å²) in [4.78, 5) is 30.2. The number of carbonyl (C=O) groups excluding carboxylic acids is 1. The highest BCUT2D eigenvalue weighted by molar-refractivity contribution is 5.96. The number of hydrogen-bond donors (Lipinski definition) is 3. The second kappa shape index (κ2) is 9.59. The Kier molecular flexibility index (Phi) is 6.31. The second-order valence-electron chi connectivity index (χ2n) is 8.49. The first-order valence-electron chi connectivity index (χ1n) is 11.4. The van der Waals surface area contributed by atoms with Gasteiger partial charge >= 0.3 is 6.18 Å². The van der Waals surface area contributed by atoms with Gasteiger partial charge in [-0.15, -0.1) is 0 Å². The van der Waals surface area contributed by atoms with Gasteiger partial charge < -0.3 is 24.7 Å². The summed E-state index contributed by atoms with van der Waals surface area (Å²) in [6.45, 7) is 0.879. The van der Waals surface area contributed by atoms with Crippen LogP contribution in [-0.4, -0.2) is 63.3 Å². The van der Waals surface area contributed by atoms with Gasteiger partial charge in [-0.05, 0) is 12.8 Å². The first kappa shape index (κ1) is 24.3. The molecule has 3 N–H and O–H groups in total. The fourth-order valence-corrected chi connectivity index (χ4v) is 4.22. The van der Waals surface area contributed by atoms with E-state index in [9.17, 15) is 18.0 Å².